The van der Waals surface area contributed by atoms with E-state index >= 15 is 0 Å². The van der Waals surface area contributed by atoms with Gasteiger partial charge in [0, 0.05) is 15.7 Å². The number of ether oxygens (including phenoxy) is 1. The number of methoxy groups -OCH3 is 1. The fourth-order valence-corrected chi connectivity index (χ4v) is 3.00. The number of nitrogens with zero attached hydrogens (tertiary/aromatic N) is 3. The van der Waals surface area contributed by atoms with E-state index in [1.807, 2.05) is 32.0 Å². The van der Waals surface area contributed by atoms with Crippen LogP contribution in [0.25, 0.3) is 16.8 Å². The van der Waals surface area contributed by atoms with Crippen LogP contribution in [0.3, 0.4) is 0 Å². The van der Waals surface area contributed by atoms with Crippen LogP contribution >= 0.6 is 27.5 Å². The Labute approximate surface area is 135 Å². The van der Waals surface area contributed by atoms with Gasteiger partial charge in [0.15, 0.2) is 5.65 Å². The van der Waals surface area contributed by atoms with E-state index in [0.29, 0.717) is 5.15 Å². The van der Waals surface area contributed by atoms with E-state index in [1.54, 1.807) is 17.7 Å². The zero-order valence-corrected chi connectivity index (χ0v) is 14.2. The van der Waals surface area contributed by atoms with E-state index in [0.717, 1.165) is 38.4 Å². The van der Waals surface area contributed by atoms with Gasteiger partial charge in [-0.15, -0.1) is 0 Å². The molecule has 1 aromatic carbocycles. The molecule has 6 heteroatoms. The van der Waals surface area contributed by atoms with E-state index in [-0.39, 0.29) is 0 Å². The Bertz CT molecular complexity index is 845. The largest absolute Gasteiger partial charge is 0.496 e. The molecule has 0 unspecified atom stereocenters. The Morgan fingerprint density at radius 3 is 2.71 bits per heavy atom. The molecule has 0 aliphatic rings. The van der Waals surface area contributed by atoms with Crippen molar-refractivity contribution < 1.29 is 4.74 Å². The quantitative estimate of drug-likeness (QED) is 0.630. The molecule has 21 heavy (non-hydrogen) atoms. The second-order valence-corrected chi connectivity index (χ2v) is 6.06. The molecule has 3 rings (SSSR count). The third kappa shape index (κ3) is 2.40. The highest BCUT2D eigenvalue weighted by molar-refractivity contribution is 9.10. The van der Waals surface area contributed by atoms with Gasteiger partial charge in [-0.25, -0.2) is 9.50 Å². The van der Waals surface area contributed by atoms with Crippen LogP contribution in [0.5, 0.6) is 5.75 Å². The first kappa shape index (κ1) is 14.4. The standard InChI is InChI=1S/C15H13BrClN3O/c1-8-6-13(17)20-15(18-8)14(9(2)19-20)11-5-4-10(16)7-12(11)21-3/h4-7H,1-3H3. The Kier molecular flexibility index (Phi) is 3.63. The van der Waals surface area contributed by atoms with Crippen LogP contribution in [0, 0.1) is 13.8 Å². The van der Waals surface area contributed by atoms with Crippen LogP contribution in [0.4, 0.5) is 0 Å². The molecule has 2 aromatic heterocycles. The van der Waals surface area contributed by atoms with Gasteiger partial charge < -0.3 is 4.74 Å². The minimum Gasteiger partial charge on any atom is -0.496 e. The topological polar surface area (TPSA) is 39.4 Å². The van der Waals surface area contributed by atoms with Crippen LogP contribution in [0.15, 0.2) is 28.7 Å². The predicted molar refractivity (Wildman–Crippen MR) is 87.2 cm³/mol. The number of halogens is 2. The minimum absolute atomic E-state index is 0.544. The maximum atomic E-state index is 6.26. The summed E-state index contributed by atoms with van der Waals surface area (Å²) < 4.78 is 8.10. The smallest absolute Gasteiger partial charge is 0.165 e. The lowest BCUT2D eigenvalue weighted by molar-refractivity contribution is 0.416. The third-order valence-electron chi connectivity index (χ3n) is 3.28. The maximum absolute atomic E-state index is 6.26. The van der Waals surface area contributed by atoms with Crippen molar-refractivity contribution in [2.45, 2.75) is 13.8 Å². The van der Waals surface area contributed by atoms with Crippen molar-refractivity contribution in [1.29, 1.82) is 0 Å². The first-order valence-corrected chi connectivity index (χ1v) is 7.54. The second-order valence-electron chi connectivity index (χ2n) is 4.76. The van der Waals surface area contributed by atoms with Crippen molar-refractivity contribution in [3.05, 3.63) is 45.3 Å². The highest BCUT2D eigenvalue weighted by atomic mass is 79.9. The molecule has 0 spiro atoms. The van der Waals surface area contributed by atoms with Gasteiger partial charge in [0.05, 0.1) is 18.4 Å². The number of aryl methyl sites for hydroxylation is 2. The van der Waals surface area contributed by atoms with Crippen molar-refractivity contribution >= 4 is 33.2 Å². The summed E-state index contributed by atoms with van der Waals surface area (Å²) in [6.45, 7) is 3.86. The molecule has 0 bridgehead atoms. The van der Waals surface area contributed by atoms with Crippen molar-refractivity contribution in [2.24, 2.45) is 0 Å². The maximum Gasteiger partial charge on any atom is 0.165 e. The molecular weight excluding hydrogens is 354 g/mol. The zero-order chi connectivity index (χ0) is 15.1. The van der Waals surface area contributed by atoms with E-state index in [2.05, 4.69) is 26.0 Å². The summed E-state index contributed by atoms with van der Waals surface area (Å²) in [6, 6.07) is 7.68. The molecule has 108 valence electrons. The zero-order valence-electron chi connectivity index (χ0n) is 11.8. The molecule has 0 aliphatic carbocycles. The van der Waals surface area contributed by atoms with E-state index in [4.69, 9.17) is 16.3 Å². The average molecular weight is 367 g/mol. The van der Waals surface area contributed by atoms with Gasteiger partial charge in [-0.2, -0.15) is 5.10 Å². The van der Waals surface area contributed by atoms with E-state index < -0.39 is 0 Å². The number of aromatic nitrogens is 3. The molecule has 0 atom stereocenters. The normalized spacial score (nSPS) is 11.1. The lowest BCUT2D eigenvalue weighted by Crippen LogP contribution is -1.95. The number of rotatable bonds is 2. The lowest BCUT2D eigenvalue weighted by atomic mass is 10.1. The van der Waals surface area contributed by atoms with Crippen LogP contribution in [0.2, 0.25) is 5.15 Å². The van der Waals surface area contributed by atoms with Crippen molar-refractivity contribution in [3.8, 4) is 16.9 Å². The fraction of sp³-hybridized carbons (Fsp3) is 0.200. The number of benzene rings is 1. The summed E-state index contributed by atoms with van der Waals surface area (Å²) in [4.78, 5) is 4.58. The van der Waals surface area contributed by atoms with Crippen molar-refractivity contribution in [3.63, 3.8) is 0 Å². The average Bonchev–Trinajstić information content (AvgIpc) is 2.75. The first-order chi connectivity index (χ1) is 10.0. The van der Waals surface area contributed by atoms with Crippen molar-refractivity contribution in [1.82, 2.24) is 14.6 Å². The molecule has 0 aliphatic heterocycles. The summed E-state index contributed by atoms with van der Waals surface area (Å²) >= 11 is 9.71. The molecule has 0 radical (unpaired) electrons. The molecular formula is C15H13BrClN3O. The molecule has 4 nitrogen and oxygen atoms in total. The summed E-state index contributed by atoms with van der Waals surface area (Å²) in [6.07, 6.45) is 0. The van der Waals surface area contributed by atoms with Gasteiger partial charge in [0.25, 0.3) is 0 Å². The monoisotopic (exact) mass is 365 g/mol. The molecule has 3 aromatic rings. The van der Waals surface area contributed by atoms with Gasteiger partial charge >= 0.3 is 0 Å². The number of fused-ring (bicyclic) bond motifs is 1. The van der Waals surface area contributed by atoms with Crippen LogP contribution in [-0.4, -0.2) is 21.7 Å². The van der Waals surface area contributed by atoms with Gasteiger partial charge in [0.2, 0.25) is 0 Å². The molecule has 2 heterocycles. The van der Waals surface area contributed by atoms with E-state index in [1.165, 1.54) is 0 Å². The lowest BCUT2D eigenvalue weighted by Gasteiger charge is -2.09. The first-order valence-electron chi connectivity index (χ1n) is 6.37. The fourth-order valence-electron chi connectivity index (χ4n) is 2.39. The van der Waals surface area contributed by atoms with Gasteiger partial charge in [-0.05, 0) is 38.1 Å². The van der Waals surface area contributed by atoms with Gasteiger partial charge in [0.1, 0.15) is 10.9 Å². The van der Waals surface area contributed by atoms with Gasteiger partial charge in [-0.1, -0.05) is 27.5 Å². The Balaban J connectivity index is 2.37. The summed E-state index contributed by atoms with van der Waals surface area (Å²) in [5, 5.41) is 5.03. The third-order valence-corrected chi connectivity index (χ3v) is 4.04. The van der Waals surface area contributed by atoms with Crippen molar-refractivity contribution in [2.75, 3.05) is 7.11 Å². The highest BCUT2D eigenvalue weighted by Crippen LogP contribution is 2.37. The molecule has 0 amide bonds. The highest BCUT2D eigenvalue weighted by Gasteiger charge is 2.18. The van der Waals surface area contributed by atoms with Crippen LogP contribution in [-0.2, 0) is 0 Å². The number of hydrogen-bond acceptors (Lipinski definition) is 3. The molecule has 0 saturated heterocycles. The SMILES string of the molecule is COc1cc(Br)ccc1-c1c(C)nn2c(Cl)cc(C)nc12. The Morgan fingerprint density at radius 1 is 1.24 bits per heavy atom. The number of hydrogen-bond donors (Lipinski definition) is 0. The van der Waals surface area contributed by atoms with Crippen LogP contribution in [0.1, 0.15) is 11.4 Å². The Hall–Kier alpha value is -1.59. The van der Waals surface area contributed by atoms with Gasteiger partial charge in [-0.3, -0.25) is 0 Å². The van der Waals surface area contributed by atoms with Crippen LogP contribution < -0.4 is 4.74 Å². The molecule has 0 fully saturated rings. The molecule has 0 N–H and O–H groups in total. The second kappa shape index (κ2) is 5.31. The predicted octanol–water partition coefficient (Wildman–Crippen LogP) is 4.44. The Morgan fingerprint density at radius 2 is 2.00 bits per heavy atom. The summed E-state index contributed by atoms with van der Waals surface area (Å²) in [5.74, 6) is 0.766. The minimum atomic E-state index is 0.544. The summed E-state index contributed by atoms with van der Waals surface area (Å²) in [5.41, 5.74) is 4.32. The molecule has 0 saturated carbocycles. The summed E-state index contributed by atoms with van der Waals surface area (Å²) in [7, 11) is 1.65. The van der Waals surface area contributed by atoms with E-state index in [9.17, 15) is 0 Å².